The van der Waals surface area contributed by atoms with Crippen molar-refractivity contribution in [3.63, 3.8) is 0 Å². The van der Waals surface area contributed by atoms with Crippen LogP contribution in [0.1, 0.15) is 29.3 Å². The van der Waals surface area contributed by atoms with Gasteiger partial charge in [-0.05, 0) is 67.1 Å². The second-order valence-corrected chi connectivity index (χ2v) is 8.30. The molecule has 12 heteroatoms. The first kappa shape index (κ1) is 30.2. The van der Waals surface area contributed by atoms with E-state index in [-0.39, 0.29) is 13.2 Å². The number of hydrogen-bond acceptors (Lipinski definition) is 9. The molecule has 3 N–H and O–H groups in total. The highest BCUT2D eigenvalue weighted by atomic mass is 16.5. The lowest BCUT2D eigenvalue weighted by Crippen LogP contribution is -2.24. The van der Waals surface area contributed by atoms with Crippen LogP contribution in [0, 0.1) is 0 Å². The number of amides is 3. The quantitative estimate of drug-likeness (QED) is 0.124. The highest BCUT2D eigenvalue weighted by Gasteiger charge is 2.12. The van der Waals surface area contributed by atoms with E-state index in [1.54, 1.807) is 73.7 Å². The number of hydrazone groups is 1. The summed E-state index contributed by atoms with van der Waals surface area (Å²) in [6, 6.07) is 17.9. The lowest BCUT2D eigenvalue weighted by Gasteiger charge is -2.11. The Morgan fingerprint density at radius 1 is 0.805 bits per heavy atom. The molecule has 3 amide bonds. The van der Waals surface area contributed by atoms with Crippen molar-refractivity contribution in [1.29, 1.82) is 0 Å². The van der Waals surface area contributed by atoms with E-state index < -0.39 is 30.1 Å². The van der Waals surface area contributed by atoms with Crippen molar-refractivity contribution in [2.24, 2.45) is 5.10 Å². The second-order valence-electron chi connectivity index (χ2n) is 8.30. The van der Waals surface area contributed by atoms with Gasteiger partial charge in [-0.15, -0.1) is 0 Å². The van der Waals surface area contributed by atoms with Crippen molar-refractivity contribution >= 4 is 41.3 Å². The van der Waals surface area contributed by atoms with Crippen LogP contribution in [0.2, 0.25) is 0 Å². The summed E-state index contributed by atoms with van der Waals surface area (Å²) in [5.74, 6) is -0.738. The topological polar surface area (TPSA) is 154 Å². The minimum absolute atomic E-state index is 0.273. The zero-order valence-electron chi connectivity index (χ0n) is 22.8. The molecule has 0 heterocycles. The number of nitrogens with one attached hydrogen (secondary N) is 3. The molecule has 0 fully saturated rings. The highest BCUT2D eigenvalue weighted by Crippen LogP contribution is 2.27. The SMILES string of the molecule is CCOC(=O)c1ccc(NC(=O)COc2ccc(C=NNC(=O)CC(=O)Nc3cccc(OC)c3)cc2OC)cc1. The van der Waals surface area contributed by atoms with Gasteiger partial charge in [-0.2, -0.15) is 5.10 Å². The van der Waals surface area contributed by atoms with E-state index in [0.717, 1.165) is 0 Å². The molecule has 3 rings (SSSR count). The van der Waals surface area contributed by atoms with E-state index in [0.29, 0.717) is 39.8 Å². The van der Waals surface area contributed by atoms with Gasteiger partial charge in [0, 0.05) is 17.4 Å². The van der Waals surface area contributed by atoms with Crippen LogP contribution in [0.25, 0.3) is 0 Å². The van der Waals surface area contributed by atoms with Crippen LogP contribution in [0.15, 0.2) is 71.8 Å². The third kappa shape index (κ3) is 9.70. The molecule has 0 unspecified atom stereocenters. The highest BCUT2D eigenvalue weighted by molar-refractivity contribution is 6.03. The van der Waals surface area contributed by atoms with Crippen LogP contribution in [-0.2, 0) is 19.1 Å². The second kappa shape index (κ2) is 15.3. The van der Waals surface area contributed by atoms with Crippen LogP contribution in [0.3, 0.4) is 0 Å². The Balaban J connectivity index is 1.47. The van der Waals surface area contributed by atoms with E-state index in [4.69, 9.17) is 18.9 Å². The molecule has 0 aliphatic heterocycles. The number of methoxy groups -OCH3 is 2. The summed E-state index contributed by atoms with van der Waals surface area (Å²) in [4.78, 5) is 48.2. The largest absolute Gasteiger partial charge is 0.497 e. The maximum Gasteiger partial charge on any atom is 0.338 e. The van der Waals surface area contributed by atoms with Crippen LogP contribution >= 0.6 is 0 Å². The van der Waals surface area contributed by atoms with E-state index >= 15 is 0 Å². The summed E-state index contributed by atoms with van der Waals surface area (Å²) >= 11 is 0. The van der Waals surface area contributed by atoms with E-state index in [1.807, 2.05) is 0 Å². The summed E-state index contributed by atoms with van der Waals surface area (Å²) in [6.45, 7) is 1.70. The maximum atomic E-state index is 12.3. The Bertz CT molecular complexity index is 1410. The smallest absolute Gasteiger partial charge is 0.338 e. The molecule has 0 aliphatic carbocycles. The van der Waals surface area contributed by atoms with Crippen LogP contribution in [0.4, 0.5) is 11.4 Å². The summed E-state index contributed by atoms with van der Waals surface area (Å²) in [7, 11) is 2.96. The number of nitrogens with zero attached hydrogens (tertiary/aromatic N) is 1. The third-order valence-corrected chi connectivity index (χ3v) is 5.30. The average Bonchev–Trinajstić information content (AvgIpc) is 2.96. The average molecular weight is 563 g/mol. The van der Waals surface area contributed by atoms with Gasteiger partial charge < -0.3 is 29.6 Å². The van der Waals surface area contributed by atoms with Crippen molar-refractivity contribution in [3.05, 3.63) is 77.9 Å². The predicted octanol–water partition coefficient (Wildman–Crippen LogP) is 3.38. The molecule has 0 radical (unpaired) electrons. The molecule has 0 atom stereocenters. The molecule has 0 aromatic heterocycles. The first-order valence-corrected chi connectivity index (χ1v) is 12.4. The Hall–Kier alpha value is -5.39. The fourth-order valence-electron chi connectivity index (χ4n) is 3.40. The molecule has 0 spiro atoms. The molecule has 214 valence electrons. The molecule has 3 aromatic carbocycles. The fraction of sp³-hybridized carbons (Fsp3) is 0.207. The first-order valence-electron chi connectivity index (χ1n) is 12.4. The minimum atomic E-state index is -0.602. The number of anilines is 2. The third-order valence-electron chi connectivity index (χ3n) is 5.30. The van der Waals surface area contributed by atoms with Gasteiger partial charge in [-0.3, -0.25) is 14.4 Å². The van der Waals surface area contributed by atoms with Crippen molar-refractivity contribution in [2.45, 2.75) is 13.3 Å². The Labute approximate surface area is 236 Å². The molecule has 3 aromatic rings. The van der Waals surface area contributed by atoms with Gasteiger partial charge in [-0.25, -0.2) is 10.2 Å². The Morgan fingerprint density at radius 2 is 1.56 bits per heavy atom. The summed E-state index contributed by atoms with van der Waals surface area (Å²) in [5.41, 5.74) is 4.24. The maximum absolute atomic E-state index is 12.3. The number of benzene rings is 3. The van der Waals surface area contributed by atoms with E-state index in [1.165, 1.54) is 20.4 Å². The van der Waals surface area contributed by atoms with Gasteiger partial charge in [0.2, 0.25) is 11.8 Å². The minimum Gasteiger partial charge on any atom is -0.497 e. The Kier molecular flexibility index (Phi) is 11.2. The first-order chi connectivity index (χ1) is 19.8. The van der Waals surface area contributed by atoms with Gasteiger partial charge in [0.25, 0.3) is 5.91 Å². The van der Waals surface area contributed by atoms with Crippen molar-refractivity contribution in [1.82, 2.24) is 5.43 Å². The number of carbonyl (C=O) groups excluding carboxylic acids is 4. The molecule has 0 aliphatic rings. The summed E-state index contributed by atoms with van der Waals surface area (Å²) in [5, 5.41) is 9.16. The molecular formula is C29H30N4O8. The number of rotatable bonds is 13. The van der Waals surface area contributed by atoms with Crippen molar-refractivity contribution < 1.29 is 38.1 Å². The van der Waals surface area contributed by atoms with E-state index in [9.17, 15) is 19.2 Å². The normalized spacial score (nSPS) is 10.4. The van der Waals surface area contributed by atoms with Gasteiger partial charge in [-0.1, -0.05) is 6.07 Å². The zero-order chi connectivity index (χ0) is 29.6. The number of hydrogen-bond donors (Lipinski definition) is 3. The lowest BCUT2D eigenvalue weighted by molar-refractivity contribution is -0.126. The standard InChI is InChI=1S/C29H30N4O8/c1-4-40-29(37)20-9-11-21(12-10-20)31-28(36)18-41-24-13-8-19(14-25(24)39-3)17-30-33-27(35)16-26(34)32-22-6-5-7-23(15-22)38-2/h5-15,17H,4,16,18H2,1-3H3,(H,31,36)(H,32,34)(H,33,35). The van der Waals surface area contributed by atoms with Gasteiger partial charge in [0.15, 0.2) is 18.1 Å². The number of ether oxygens (including phenoxy) is 4. The van der Waals surface area contributed by atoms with Crippen LogP contribution in [-0.4, -0.2) is 57.3 Å². The molecule has 0 saturated carbocycles. The molecular weight excluding hydrogens is 532 g/mol. The van der Waals surface area contributed by atoms with Crippen LogP contribution < -0.4 is 30.3 Å². The fourth-order valence-corrected chi connectivity index (χ4v) is 3.40. The van der Waals surface area contributed by atoms with E-state index in [2.05, 4.69) is 21.2 Å². The van der Waals surface area contributed by atoms with Crippen LogP contribution in [0.5, 0.6) is 17.2 Å². The van der Waals surface area contributed by atoms with Crippen molar-refractivity contribution in [2.75, 3.05) is 38.1 Å². The molecule has 0 saturated heterocycles. The molecule has 0 bridgehead atoms. The molecule has 12 nitrogen and oxygen atoms in total. The summed E-state index contributed by atoms with van der Waals surface area (Å²) < 4.78 is 21.0. The zero-order valence-corrected chi connectivity index (χ0v) is 22.8. The number of esters is 1. The lowest BCUT2D eigenvalue weighted by atomic mass is 10.2. The summed E-state index contributed by atoms with van der Waals surface area (Å²) in [6.07, 6.45) is 0.944. The van der Waals surface area contributed by atoms with Gasteiger partial charge >= 0.3 is 5.97 Å². The molecule has 41 heavy (non-hydrogen) atoms. The van der Waals surface area contributed by atoms with Gasteiger partial charge in [0.05, 0.1) is 32.6 Å². The van der Waals surface area contributed by atoms with Gasteiger partial charge in [0.1, 0.15) is 12.2 Å². The number of carbonyl (C=O) groups is 4. The Morgan fingerprint density at radius 3 is 2.27 bits per heavy atom. The monoisotopic (exact) mass is 562 g/mol. The predicted molar refractivity (Wildman–Crippen MR) is 151 cm³/mol. The van der Waals surface area contributed by atoms with Crippen molar-refractivity contribution in [3.8, 4) is 17.2 Å².